The Morgan fingerprint density at radius 3 is 2.38 bits per heavy atom. The van der Waals surface area contributed by atoms with Gasteiger partial charge in [0, 0.05) is 16.1 Å². The maximum atomic E-state index is 6.23. The van der Waals surface area contributed by atoms with Gasteiger partial charge in [0.1, 0.15) is 0 Å². The van der Waals surface area contributed by atoms with Gasteiger partial charge in [-0.1, -0.05) is 29.3 Å². The first kappa shape index (κ1) is 12.2. The monoisotopic (exact) mass is 257 g/mol. The van der Waals surface area contributed by atoms with E-state index in [0.717, 1.165) is 10.0 Å². The minimum Gasteiger partial charge on any atom is -0.317 e. The molecular formula is C13H17Cl2N. The largest absolute Gasteiger partial charge is 0.317 e. The molecule has 0 radical (unpaired) electrons. The Kier molecular flexibility index (Phi) is 4.12. The van der Waals surface area contributed by atoms with Crippen LogP contribution in [0.15, 0.2) is 18.2 Å². The molecule has 1 aliphatic carbocycles. The molecule has 2 rings (SSSR count). The van der Waals surface area contributed by atoms with Gasteiger partial charge in [-0.05, 0) is 56.3 Å². The highest BCUT2D eigenvalue weighted by Gasteiger charge is 2.22. The van der Waals surface area contributed by atoms with Crippen LogP contribution in [0, 0.1) is 0 Å². The summed E-state index contributed by atoms with van der Waals surface area (Å²) in [4.78, 5) is 0. The fourth-order valence-electron chi connectivity index (χ4n) is 2.53. The first-order valence-electron chi connectivity index (χ1n) is 5.83. The maximum absolute atomic E-state index is 6.23. The molecule has 0 unspecified atom stereocenters. The van der Waals surface area contributed by atoms with Gasteiger partial charge in [-0.25, -0.2) is 0 Å². The lowest BCUT2D eigenvalue weighted by Crippen LogP contribution is -2.29. The van der Waals surface area contributed by atoms with Crippen LogP contribution < -0.4 is 5.32 Å². The van der Waals surface area contributed by atoms with Crippen LogP contribution in [-0.2, 0) is 0 Å². The molecule has 1 saturated carbocycles. The van der Waals surface area contributed by atoms with Crippen LogP contribution in [-0.4, -0.2) is 13.1 Å². The first-order chi connectivity index (χ1) is 7.70. The van der Waals surface area contributed by atoms with E-state index in [1.807, 2.05) is 19.2 Å². The fourth-order valence-corrected chi connectivity index (χ4v) is 3.09. The molecule has 3 heteroatoms. The van der Waals surface area contributed by atoms with Gasteiger partial charge >= 0.3 is 0 Å². The summed E-state index contributed by atoms with van der Waals surface area (Å²) in [5.41, 5.74) is 1.26. The number of rotatable bonds is 2. The summed E-state index contributed by atoms with van der Waals surface area (Å²) < 4.78 is 0. The molecule has 0 bridgehead atoms. The summed E-state index contributed by atoms with van der Waals surface area (Å²) >= 11 is 12.1. The lowest BCUT2D eigenvalue weighted by Gasteiger charge is -2.29. The Morgan fingerprint density at radius 2 is 1.81 bits per heavy atom. The first-order valence-corrected chi connectivity index (χ1v) is 6.58. The Morgan fingerprint density at radius 1 is 1.12 bits per heavy atom. The second kappa shape index (κ2) is 5.39. The van der Waals surface area contributed by atoms with E-state index in [0.29, 0.717) is 12.0 Å². The molecule has 1 N–H and O–H groups in total. The van der Waals surface area contributed by atoms with E-state index in [-0.39, 0.29) is 0 Å². The standard InChI is InChI=1S/C13H17Cl2N/c1-16-11-5-2-9(3-6-11)12-7-4-10(14)8-13(12)15/h4,7-9,11,16H,2-3,5-6H2,1H3. The average Bonchev–Trinajstić information content (AvgIpc) is 2.29. The molecule has 0 heterocycles. The molecule has 1 aliphatic rings. The predicted octanol–water partition coefficient (Wildman–Crippen LogP) is 4.24. The Labute approximate surface area is 107 Å². The summed E-state index contributed by atoms with van der Waals surface area (Å²) in [7, 11) is 2.04. The zero-order chi connectivity index (χ0) is 11.5. The SMILES string of the molecule is CNC1CCC(c2ccc(Cl)cc2Cl)CC1. The van der Waals surface area contributed by atoms with Gasteiger partial charge in [0.2, 0.25) is 0 Å². The van der Waals surface area contributed by atoms with Crippen molar-refractivity contribution in [2.75, 3.05) is 7.05 Å². The van der Waals surface area contributed by atoms with Gasteiger partial charge < -0.3 is 5.32 Å². The molecule has 0 aliphatic heterocycles. The van der Waals surface area contributed by atoms with E-state index in [9.17, 15) is 0 Å². The molecule has 0 atom stereocenters. The van der Waals surface area contributed by atoms with Gasteiger partial charge in [0.25, 0.3) is 0 Å². The topological polar surface area (TPSA) is 12.0 Å². The Balaban J connectivity index is 2.08. The third kappa shape index (κ3) is 2.71. The minimum absolute atomic E-state index is 0.606. The summed E-state index contributed by atoms with van der Waals surface area (Å²) in [5.74, 6) is 0.606. The number of halogens is 2. The quantitative estimate of drug-likeness (QED) is 0.836. The number of hydrogen-bond donors (Lipinski definition) is 1. The van der Waals surface area contributed by atoms with Crippen molar-refractivity contribution in [1.82, 2.24) is 5.32 Å². The molecule has 1 aromatic rings. The number of hydrogen-bond acceptors (Lipinski definition) is 1. The van der Waals surface area contributed by atoms with E-state index in [2.05, 4.69) is 11.4 Å². The zero-order valence-corrected chi connectivity index (χ0v) is 11.0. The molecule has 0 spiro atoms. The van der Waals surface area contributed by atoms with Crippen molar-refractivity contribution in [2.45, 2.75) is 37.6 Å². The van der Waals surface area contributed by atoms with Crippen molar-refractivity contribution < 1.29 is 0 Å². The summed E-state index contributed by atoms with van der Waals surface area (Å²) in [6.45, 7) is 0. The minimum atomic E-state index is 0.606. The average molecular weight is 258 g/mol. The highest BCUT2D eigenvalue weighted by molar-refractivity contribution is 6.35. The molecule has 1 nitrogen and oxygen atoms in total. The summed E-state index contributed by atoms with van der Waals surface area (Å²) in [5, 5.41) is 4.89. The Bertz CT molecular complexity index is 357. The molecule has 1 aromatic carbocycles. The van der Waals surface area contributed by atoms with E-state index >= 15 is 0 Å². The molecule has 0 aromatic heterocycles. The third-order valence-corrected chi connectivity index (χ3v) is 4.10. The summed E-state index contributed by atoms with van der Waals surface area (Å²) in [6, 6.07) is 6.55. The van der Waals surface area contributed by atoms with Gasteiger partial charge in [0.05, 0.1) is 0 Å². The molecule has 0 saturated heterocycles. The van der Waals surface area contributed by atoms with Crippen LogP contribution >= 0.6 is 23.2 Å². The van der Waals surface area contributed by atoms with Gasteiger partial charge in [0.15, 0.2) is 0 Å². The smallest absolute Gasteiger partial charge is 0.0455 e. The second-order valence-corrected chi connectivity index (χ2v) is 5.35. The molecular weight excluding hydrogens is 241 g/mol. The van der Waals surface area contributed by atoms with E-state index < -0.39 is 0 Å². The van der Waals surface area contributed by atoms with Crippen molar-refractivity contribution in [2.24, 2.45) is 0 Å². The lowest BCUT2D eigenvalue weighted by molar-refractivity contribution is 0.359. The van der Waals surface area contributed by atoms with Crippen molar-refractivity contribution in [3.63, 3.8) is 0 Å². The van der Waals surface area contributed by atoms with Crippen LogP contribution in [0.4, 0.5) is 0 Å². The van der Waals surface area contributed by atoms with Crippen LogP contribution in [0.25, 0.3) is 0 Å². The highest BCUT2D eigenvalue weighted by atomic mass is 35.5. The number of benzene rings is 1. The van der Waals surface area contributed by atoms with Gasteiger partial charge in [-0.2, -0.15) is 0 Å². The second-order valence-electron chi connectivity index (χ2n) is 4.50. The van der Waals surface area contributed by atoms with Crippen LogP contribution in [0.2, 0.25) is 10.0 Å². The normalized spacial score (nSPS) is 25.7. The fraction of sp³-hybridized carbons (Fsp3) is 0.538. The van der Waals surface area contributed by atoms with Crippen LogP contribution in [0.5, 0.6) is 0 Å². The highest BCUT2D eigenvalue weighted by Crippen LogP contribution is 2.37. The van der Waals surface area contributed by atoms with Crippen LogP contribution in [0.1, 0.15) is 37.2 Å². The van der Waals surface area contributed by atoms with E-state index in [1.165, 1.54) is 31.2 Å². The van der Waals surface area contributed by atoms with Crippen molar-refractivity contribution in [3.8, 4) is 0 Å². The molecule has 0 amide bonds. The number of nitrogens with one attached hydrogen (secondary N) is 1. The molecule has 1 fully saturated rings. The molecule has 88 valence electrons. The third-order valence-electron chi connectivity index (χ3n) is 3.54. The predicted molar refractivity (Wildman–Crippen MR) is 70.5 cm³/mol. The zero-order valence-electron chi connectivity index (χ0n) is 9.47. The van der Waals surface area contributed by atoms with Crippen molar-refractivity contribution >= 4 is 23.2 Å². The Hall–Kier alpha value is -0.240. The van der Waals surface area contributed by atoms with E-state index in [1.54, 1.807) is 0 Å². The lowest BCUT2D eigenvalue weighted by atomic mass is 9.82. The van der Waals surface area contributed by atoms with Gasteiger partial charge in [-0.3, -0.25) is 0 Å². The van der Waals surface area contributed by atoms with Crippen molar-refractivity contribution in [1.29, 1.82) is 0 Å². The summed E-state index contributed by atoms with van der Waals surface area (Å²) in [6.07, 6.45) is 4.90. The maximum Gasteiger partial charge on any atom is 0.0455 e. The van der Waals surface area contributed by atoms with Crippen LogP contribution in [0.3, 0.4) is 0 Å². The van der Waals surface area contributed by atoms with E-state index in [4.69, 9.17) is 23.2 Å². The van der Waals surface area contributed by atoms with Crippen molar-refractivity contribution in [3.05, 3.63) is 33.8 Å². The van der Waals surface area contributed by atoms with Gasteiger partial charge in [-0.15, -0.1) is 0 Å². The molecule has 16 heavy (non-hydrogen) atoms.